The molecule has 1 aromatic heterocycles. The van der Waals surface area contributed by atoms with Gasteiger partial charge in [-0.2, -0.15) is 0 Å². The fourth-order valence-electron chi connectivity index (χ4n) is 2.09. The largest absolute Gasteiger partial charge is 0.490 e. The van der Waals surface area contributed by atoms with Gasteiger partial charge in [0, 0.05) is 19.2 Å². The van der Waals surface area contributed by atoms with Crippen LogP contribution in [0.15, 0.2) is 24.4 Å². The van der Waals surface area contributed by atoms with E-state index < -0.39 is 0 Å². The second-order valence-corrected chi connectivity index (χ2v) is 4.36. The van der Waals surface area contributed by atoms with E-state index in [0.29, 0.717) is 19.8 Å². The van der Waals surface area contributed by atoms with Crippen LogP contribution in [0.2, 0.25) is 0 Å². The average Bonchev–Trinajstić information content (AvgIpc) is 2.82. The monoisotopic (exact) mass is 275 g/mol. The number of hydrogen-bond acceptors (Lipinski definition) is 4. The van der Waals surface area contributed by atoms with Crippen LogP contribution in [-0.4, -0.2) is 22.8 Å². The zero-order chi connectivity index (χ0) is 14.5. The third kappa shape index (κ3) is 2.77. The maximum Gasteiger partial charge on any atom is 0.161 e. The van der Waals surface area contributed by atoms with Gasteiger partial charge < -0.3 is 19.8 Å². The highest BCUT2D eigenvalue weighted by molar-refractivity contribution is 5.62. The van der Waals surface area contributed by atoms with E-state index in [4.69, 9.17) is 15.2 Å². The molecule has 0 aliphatic rings. The van der Waals surface area contributed by atoms with E-state index >= 15 is 0 Å². The molecule has 2 N–H and O–H groups in total. The molecule has 0 unspecified atom stereocenters. The smallest absolute Gasteiger partial charge is 0.161 e. The summed E-state index contributed by atoms with van der Waals surface area (Å²) in [5.74, 6) is 2.37. The number of benzene rings is 1. The first-order valence-electron chi connectivity index (χ1n) is 6.81. The molecular formula is C15H21N3O2. The molecule has 5 heteroatoms. The highest BCUT2D eigenvalue weighted by atomic mass is 16.5. The molecule has 0 bridgehead atoms. The van der Waals surface area contributed by atoms with Gasteiger partial charge in [0.25, 0.3) is 0 Å². The van der Waals surface area contributed by atoms with Gasteiger partial charge in [0.1, 0.15) is 5.82 Å². The van der Waals surface area contributed by atoms with E-state index in [-0.39, 0.29) is 0 Å². The summed E-state index contributed by atoms with van der Waals surface area (Å²) in [6.45, 7) is 5.59. The maximum atomic E-state index is 5.68. The van der Waals surface area contributed by atoms with E-state index in [1.165, 1.54) is 0 Å². The van der Waals surface area contributed by atoms with Gasteiger partial charge in [0.15, 0.2) is 11.5 Å². The quantitative estimate of drug-likeness (QED) is 0.879. The van der Waals surface area contributed by atoms with Gasteiger partial charge in [0.2, 0.25) is 0 Å². The minimum Gasteiger partial charge on any atom is -0.490 e. The van der Waals surface area contributed by atoms with Gasteiger partial charge in [-0.3, -0.25) is 0 Å². The summed E-state index contributed by atoms with van der Waals surface area (Å²) in [5, 5.41) is 0. The second kappa shape index (κ2) is 6.43. The summed E-state index contributed by atoms with van der Waals surface area (Å²) in [5.41, 5.74) is 7.66. The van der Waals surface area contributed by atoms with Crippen LogP contribution in [0.25, 0.3) is 11.4 Å². The number of nitrogens with zero attached hydrogens (tertiary/aromatic N) is 2. The zero-order valence-corrected chi connectivity index (χ0v) is 12.2. The minimum absolute atomic E-state index is 0.471. The summed E-state index contributed by atoms with van der Waals surface area (Å²) in [6, 6.07) is 5.86. The molecule has 2 aromatic rings. The molecule has 0 atom stereocenters. The van der Waals surface area contributed by atoms with E-state index in [0.717, 1.165) is 28.6 Å². The zero-order valence-electron chi connectivity index (χ0n) is 12.2. The van der Waals surface area contributed by atoms with Crippen molar-refractivity contribution in [2.75, 3.05) is 13.2 Å². The summed E-state index contributed by atoms with van der Waals surface area (Å²) in [6.07, 6.45) is 1.80. The fraction of sp³-hybridized carbons (Fsp3) is 0.400. The molecular weight excluding hydrogens is 254 g/mol. The molecule has 1 heterocycles. The Morgan fingerprint density at radius 1 is 1.15 bits per heavy atom. The van der Waals surface area contributed by atoms with Crippen molar-refractivity contribution in [2.45, 2.75) is 20.4 Å². The SMILES string of the molecule is CCOc1ccc(-c2ncc(CN)n2C)cc1OCC. The molecule has 2 rings (SSSR count). The van der Waals surface area contributed by atoms with Gasteiger partial charge in [-0.25, -0.2) is 4.98 Å². The number of hydrogen-bond donors (Lipinski definition) is 1. The van der Waals surface area contributed by atoms with Gasteiger partial charge in [-0.1, -0.05) is 0 Å². The Balaban J connectivity index is 2.41. The second-order valence-electron chi connectivity index (χ2n) is 4.36. The predicted octanol–water partition coefficient (Wildman–Crippen LogP) is 2.34. The van der Waals surface area contributed by atoms with Crippen molar-refractivity contribution in [3.63, 3.8) is 0 Å². The summed E-state index contributed by atoms with van der Waals surface area (Å²) in [4.78, 5) is 4.42. The van der Waals surface area contributed by atoms with Crippen molar-refractivity contribution in [1.29, 1.82) is 0 Å². The topological polar surface area (TPSA) is 62.3 Å². The lowest BCUT2D eigenvalue weighted by Crippen LogP contribution is -2.04. The van der Waals surface area contributed by atoms with Crippen LogP contribution >= 0.6 is 0 Å². The Bertz CT molecular complexity index is 578. The lowest BCUT2D eigenvalue weighted by Gasteiger charge is -2.12. The Morgan fingerprint density at radius 3 is 2.45 bits per heavy atom. The number of ether oxygens (including phenoxy) is 2. The molecule has 0 amide bonds. The predicted molar refractivity (Wildman–Crippen MR) is 78.9 cm³/mol. The van der Waals surface area contributed by atoms with Crippen LogP contribution in [-0.2, 0) is 13.6 Å². The fourth-order valence-corrected chi connectivity index (χ4v) is 2.09. The van der Waals surface area contributed by atoms with Crippen molar-refractivity contribution in [2.24, 2.45) is 12.8 Å². The van der Waals surface area contributed by atoms with E-state index in [9.17, 15) is 0 Å². The molecule has 0 aliphatic carbocycles. The molecule has 1 aromatic carbocycles. The molecule has 0 saturated carbocycles. The van der Waals surface area contributed by atoms with Gasteiger partial charge in [0.05, 0.1) is 25.1 Å². The van der Waals surface area contributed by atoms with Crippen LogP contribution in [0.5, 0.6) is 11.5 Å². The van der Waals surface area contributed by atoms with Crippen molar-refractivity contribution in [3.05, 3.63) is 30.1 Å². The van der Waals surface area contributed by atoms with Crippen LogP contribution in [0, 0.1) is 0 Å². The lowest BCUT2D eigenvalue weighted by molar-refractivity contribution is 0.288. The lowest BCUT2D eigenvalue weighted by atomic mass is 10.2. The molecule has 0 aliphatic heterocycles. The minimum atomic E-state index is 0.471. The number of rotatable bonds is 6. The first-order valence-corrected chi connectivity index (χ1v) is 6.81. The van der Waals surface area contributed by atoms with E-state index in [1.807, 2.05) is 43.7 Å². The van der Waals surface area contributed by atoms with Crippen LogP contribution in [0.4, 0.5) is 0 Å². The van der Waals surface area contributed by atoms with Gasteiger partial charge in [-0.05, 0) is 32.0 Å². The van der Waals surface area contributed by atoms with Crippen LogP contribution < -0.4 is 15.2 Å². The highest BCUT2D eigenvalue weighted by Crippen LogP contribution is 2.32. The standard InChI is InChI=1S/C15H21N3O2/c1-4-19-13-7-6-11(8-14(13)20-5-2)15-17-10-12(9-16)18(15)3/h6-8,10H,4-5,9,16H2,1-3H3. The van der Waals surface area contributed by atoms with E-state index in [1.54, 1.807) is 6.20 Å². The highest BCUT2D eigenvalue weighted by Gasteiger charge is 2.12. The molecule has 0 spiro atoms. The van der Waals surface area contributed by atoms with Crippen molar-refractivity contribution < 1.29 is 9.47 Å². The molecule has 0 radical (unpaired) electrons. The first kappa shape index (κ1) is 14.4. The summed E-state index contributed by atoms with van der Waals surface area (Å²) in [7, 11) is 1.96. The Kier molecular flexibility index (Phi) is 4.63. The van der Waals surface area contributed by atoms with Crippen molar-refractivity contribution in [3.8, 4) is 22.9 Å². The normalized spacial score (nSPS) is 10.6. The third-order valence-corrected chi connectivity index (χ3v) is 3.10. The third-order valence-electron chi connectivity index (χ3n) is 3.10. The van der Waals surface area contributed by atoms with Gasteiger partial charge in [-0.15, -0.1) is 0 Å². The first-order chi connectivity index (χ1) is 9.71. The number of imidazole rings is 1. The summed E-state index contributed by atoms with van der Waals surface area (Å²) >= 11 is 0. The summed E-state index contributed by atoms with van der Waals surface area (Å²) < 4.78 is 13.2. The maximum absolute atomic E-state index is 5.68. The molecule has 0 fully saturated rings. The molecule has 0 saturated heterocycles. The number of nitrogens with two attached hydrogens (primary N) is 1. The van der Waals surface area contributed by atoms with Crippen molar-refractivity contribution >= 4 is 0 Å². The molecule has 108 valence electrons. The molecule has 20 heavy (non-hydrogen) atoms. The van der Waals surface area contributed by atoms with Crippen LogP contribution in [0.3, 0.4) is 0 Å². The van der Waals surface area contributed by atoms with E-state index in [2.05, 4.69) is 4.98 Å². The molecule has 5 nitrogen and oxygen atoms in total. The van der Waals surface area contributed by atoms with Crippen molar-refractivity contribution in [1.82, 2.24) is 9.55 Å². The average molecular weight is 275 g/mol. The van der Waals surface area contributed by atoms with Crippen LogP contribution in [0.1, 0.15) is 19.5 Å². The Hall–Kier alpha value is -2.01. The number of aromatic nitrogens is 2. The Morgan fingerprint density at radius 2 is 1.85 bits per heavy atom. The van der Waals surface area contributed by atoms with Gasteiger partial charge >= 0.3 is 0 Å². The Labute approximate surface area is 119 Å².